The summed E-state index contributed by atoms with van der Waals surface area (Å²) >= 11 is 0. The lowest BCUT2D eigenvalue weighted by molar-refractivity contribution is -0.127. The number of carbonyl (C=O) groups excluding carboxylic acids is 1. The molecule has 2 saturated heterocycles. The number of hydrogen-bond acceptors (Lipinski definition) is 3. The van der Waals surface area contributed by atoms with Crippen LogP contribution in [0.5, 0.6) is 0 Å². The van der Waals surface area contributed by atoms with Crippen LogP contribution < -0.4 is 10.6 Å². The van der Waals surface area contributed by atoms with Gasteiger partial charge in [-0.3, -0.25) is 9.69 Å². The zero-order valence-corrected chi connectivity index (χ0v) is 22.4. The number of halogens is 1. The first-order valence-corrected chi connectivity index (χ1v) is 12.6. The molecule has 4 bridgehead atoms. The maximum atomic E-state index is 12.2. The van der Waals surface area contributed by atoms with Crippen LogP contribution in [0.4, 0.5) is 0 Å². The molecule has 2 heterocycles. The largest absolute Gasteiger partial charge is 0.354 e. The van der Waals surface area contributed by atoms with E-state index in [4.69, 9.17) is 4.99 Å². The third-order valence-corrected chi connectivity index (χ3v) is 8.36. The molecule has 1 aromatic carbocycles. The van der Waals surface area contributed by atoms with Crippen LogP contribution in [0.25, 0.3) is 0 Å². The van der Waals surface area contributed by atoms with E-state index in [0.717, 1.165) is 37.2 Å². The normalized spacial score (nSPS) is 33.0. The maximum absolute atomic E-state index is 12.2. The number of nitrogens with one attached hydrogen (secondary N) is 2. The summed E-state index contributed by atoms with van der Waals surface area (Å²) in [5, 5.41) is 7.51. The topological polar surface area (TPSA) is 60.0 Å². The van der Waals surface area contributed by atoms with Gasteiger partial charge in [-0.05, 0) is 62.3 Å². The molecule has 2 aliphatic carbocycles. The van der Waals surface area contributed by atoms with Gasteiger partial charge >= 0.3 is 0 Å². The summed E-state index contributed by atoms with van der Waals surface area (Å²) in [5.74, 6) is 2.58. The van der Waals surface area contributed by atoms with Gasteiger partial charge in [-0.1, -0.05) is 36.8 Å². The number of piperidine rings is 1. The average molecular weight is 566 g/mol. The van der Waals surface area contributed by atoms with Crippen molar-refractivity contribution < 1.29 is 4.79 Å². The zero-order chi connectivity index (χ0) is 22.1. The Bertz CT molecular complexity index is 817. The number of guanidine groups is 1. The Hall–Kier alpha value is -1.35. The molecule has 5 atom stereocenters. The van der Waals surface area contributed by atoms with E-state index >= 15 is 0 Å². The van der Waals surface area contributed by atoms with E-state index in [9.17, 15) is 4.79 Å². The molecule has 0 aromatic heterocycles. The summed E-state index contributed by atoms with van der Waals surface area (Å²) < 4.78 is 0. The highest BCUT2D eigenvalue weighted by Crippen LogP contribution is 2.44. The van der Waals surface area contributed by atoms with Crippen LogP contribution >= 0.6 is 24.0 Å². The van der Waals surface area contributed by atoms with Gasteiger partial charge in [0.15, 0.2) is 5.96 Å². The fourth-order valence-electron chi connectivity index (χ4n) is 6.66. The summed E-state index contributed by atoms with van der Waals surface area (Å²) in [6.07, 6.45) is 10.3. The average Bonchev–Trinajstić information content (AvgIpc) is 3.46. The Labute approximate surface area is 216 Å². The third-order valence-electron chi connectivity index (χ3n) is 8.36. The summed E-state index contributed by atoms with van der Waals surface area (Å²) in [6.45, 7) is 1.27. The van der Waals surface area contributed by atoms with Gasteiger partial charge < -0.3 is 15.5 Å². The molecule has 5 unspecified atom stereocenters. The number of aliphatic imine (C=N–C) groups is 1. The molecule has 6 nitrogen and oxygen atoms in total. The molecule has 7 heteroatoms. The van der Waals surface area contributed by atoms with E-state index < -0.39 is 0 Å². The van der Waals surface area contributed by atoms with E-state index in [1.807, 2.05) is 0 Å². The minimum atomic E-state index is 0. The highest BCUT2D eigenvalue weighted by Gasteiger charge is 2.42. The summed E-state index contributed by atoms with van der Waals surface area (Å²) in [5.41, 5.74) is 1.42. The van der Waals surface area contributed by atoms with Crippen molar-refractivity contribution in [1.82, 2.24) is 20.4 Å². The van der Waals surface area contributed by atoms with Crippen molar-refractivity contribution in [3.05, 3.63) is 35.9 Å². The van der Waals surface area contributed by atoms with Crippen molar-refractivity contribution in [1.29, 1.82) is 0 Å². The quantitative estimate of drug-likeness (QED) is 0.315. The Morgan fingerprint density at radius 3 is 2.33 bits per heavy atom. The van der Waals surface area contributed by atoms with Crippen molar-refractivity contribution in [3.8, 4) is 0 Å². The minimum Gasteiger partial charge on any atom is -0.354 e. The van der Waals surface area contributed by atoms with Crippen LogP contribution in [0.3, 0.4) is 0 Å². The van der Waals surface area contributed by atoms with Crippen LogP contribution in [0, 0.1) is 11.8 Å². The van der Waals surface area contributed by atoms with Crippen molar-refractivity contribution >= 4 is 35.8 Å². The molecular formula is C26H40IN5O. The van der Waals surface area contributed by atoms with E-state index in [2.05, 4.69) is 45.9 Å². The molecule has 2 aliphatic heterocycles. The third kappa shape index (κ3) is 5.84. The van der Waals surface area contributed by atoms with Crippen LogP contribution in [-0.2, 0) is 11.3 Å². The molecule has 0 spiro atoms. The molecule has 1 aromatic rings. The lowest BCUT2D eigenvalue weighted by Crippen LogP contribution is -2.54. The molecule has 5 rings (SSSR count). The van der Waals surface area contributed by atoms with Gasteiger partial charge in [0.25, 0.3) is 0 Å². The predicted octanol–water partition coefficient (Wildman–Crippen LogP) is 3.61. The first-order valence-electron chi connectivity index (χ1n) is 12.6. The van der Waals surface area contributed by atoms with Crippen molar-refractivity contribution in [2.45, 2.75) is 82.1 Å². The number of hydrogen-bond donors (Lipinski definition) is 2. The van der Waals surface area contributed by atoms with Gasteiger partial charge in [-0.2, -0.15) is 0 Å². The first kappa shape index (κ1) is 24.8. The number of carbonyl (C=O) groups is 1. The summed E-state index contributed by atoms with van der Waals surface area (Å²) in [7, 11) is 3.60. The molecule has 1 amide bonds. The SMILES string of the molecule is CN(C)C(=O)CN=C(NC1CC2CCC(C1)N2Cc1ccccc1)NC1CC2CCC1C2.I. The van der Waals surface area contributed by atoms with Gasteiger partial charge in [0.2, 0.25) is 5.91 Å². The van der Waals surface area contributed by atoms with Crippen molar-refractivity contribution in [2.75, 3.05) is 20.6 Å². The second-order valence-corrected chi connectivity index (χ2v) is 10.7. The molecule has 2 N–H and O–H groups in total. The molecule has 0 radical (unpaired) electrons. The van der Waals surface area contributed by atoms with E-state index in [-0.39, 0.29) is 36.4 Å². The smallest absolute Gasteiger partial charge is 0.243 e. The van der Waals surface area contributed by atoms with Gasteiger partial charge in [0.05, 0.1) is 0 Å². The number of amides is 1. The Balaban J connectivity index is 0.00000259. The Morgan fingerprint density at radius 2 is 1.73 bits per heavy atom. The lowest BCUT2D eigenvalue weighted by Gasteiger charge is -2.40. The molecule has 33 heavy (non-hydrogen) atoms. The van der Waals surface area contributed by atoms with Crippen molar-refractivity contribution in [3.63, 3.8) is 0 Å². The lowest BCUT2D eigenvalue weighted by atomic mass is 9.95. The van der Waals surface area contributed by atoms with E-state index in [1.165, 1.54) is 44.1 Å². The molecule has 2 saturated carbocycles. The Morgan fingerprint density at radius 1 is 1.00 bits per heavy atom. The summed E-state index contributed by atoms with van der Waals surface area (Å²) in [4.78, 5) is 21.3. The van der Waals surface area contributed by atoms with Gasteiger partial charge in [-0.15, -0.1) is 24.0 Å². The fraction of sp³-hybridized carbons (Fsp3) is 0.692. The minimum absolute atomic E-state index is 0. The second kappa shape index (κ2) is 10.9. The number of nitrogens with zero attached hydrogens (tertiary/aromatic N) is 3. The monoisotopic (exact) mass is 565 g/mol. The van der Waals surface area contributed by atoms with Crippen molar-refractivity contribution in [2.24, 2.45) is 16.8 Å². The molecule has 4 aliphatic rings. The number of fused-ring (bicyclic) bond motifs is 4. The number of benzene rings is 1. The van der Waals surface area contributed by atoms with Crippen LogP contribution in [0.1, 0.15) is 56.9 Å². The van der Waals surface area contributed by atoms with Crippen LogP contribution in [0.2, 0.25) is 0 Å². The zero-order valence-electron chi connectivity index (χ0n) is 20.1. The first-order chi connectivity index (χ1) is 15.5. The second-order valence-electron chi connectivity index (χ2n) is 10.7. The van der Waals surface area contributed by atoms with Gasteiger partial charge in [0.1, 0.15) is 6.54 Å². The highest BCUT2D eigenvalue weighted by molar-refractivity contribution is 14.0. The standard InChI is InChI=1S/C26H39N5O.HI/c1-30(2)25(32)16-27-26(29-24-13-19-8-9-20(24)12-19)28-21-14-22-10-11-23(15-21)31(22)17-18-6-4-3-5-7-18;/h3-7,19-24H,8-17H2,1-2H3,(H2,27,28,29);1H. The van der Waals surface area contributed by atoms with Crippen LogP contribution in [0.15, 0.2) is 35.3 Å². The van der Waals surface area contributed by atoms with E-state index in [0.29, 0.717) is 24.2 Å². The summed E-state index contributed by atoms with van der Waals surface area (Å²) in [6, 6.07) is 13.1. The number of likely N-dealkylation sites (N-methyl/N-ethyl adjacent to an activating group) is 1. The van der Waals surface area contributed by atoms with Gasteiger partial charge in [0, 0.05) is 44.8 Å². The van der Waals surface area contributed by atoms with E-state index in [1.54, 1.807) is 19.0 Å². The molecular weight excluding hydrogens is 525 g/mol. The highest BCUT2D eigenvalue weighted by atomic mass is 127. The molecule has 182 valence electrons. The maximum Gasteiger partial charge on any atom is 0.243 e. The van der Waals surface area contributed by atoms with Gasteiger partial charge in [-0.25, -0.2) is 4.99 Å². The fourth-order valence-corrected chi connectivity index (χ4v) is 6.66. The van der Waals surface area contributed by atoms with Crippen LogP contribution in [-0.4, -0.2) is 66.5 Å². The molecule has 4 fully saturated rings. The Kier molecular flexibility index (Phi) is 8.20. The number of rotatable bonds is 6. The predicted molar refractivity (Wildman–Crippen MR) is 144 cm³/mol.